The van der Waals surface area contributed by atoms with E-state index in [1.807, 2.05) is 0 Å². The van der Waals surface area contributed by atoms with Gasteiger partial charge in [0.25, 0.3) is 0 Å². The topological polar surface area (TPSA) is 64.1 Å². The Kier molecular flexibility index (Phi) is 5.20. The second kappa shape index (κ2) is 6.13. The van der Waals surface area contributed by atoms with E-state index < -0.39 is 27.5 Å². The molecule has 20 heavy (non-hydrogen) atoms. The monoisotopic (exact) mass is 327 g/mol. The van der Waals surface area contributed by atoms with Crippen LogP contribution < -0.4 is 0 Å². The summed E-state index contributed by atoms with van der Waals surface area (Å²) in [5.74, 6) is -0.589. The van der Waals surface area contributed by atoms with Crippen LogP contribution in [0, 0.1) is 0 Å². The molecule has 0 bridgehead atoms. The summed E-state index contributed by atoms with van der Waals surface area (Å²) < 4.78 is 59.7. The summed E-state index contributed by atoms with van der Waals surface area (Å²) in [5.41, 5.74) is -1.05. The Bertz CT molecular complexity index is 612. The first kappa shape index (κ1) is 17.0. The van der Waals surface area contributed by atoms with E-state index in [0.29, 0.717) is 0 Å². The van der Waals surface area contributed by atoms with Crippen molar-refractivity contribution in [1.29, 1.82) is 0 Å². The van der Waals surface area contributed by atoms with Crippen molar-refractivity contribution in [2.24, 2.45) is 0 Å². The summed E-state index contributed by atoms with van der Waals surface area (Å²) in [6.07, 6.45) is -3.58. The number of carbonyl (C=O) groups excluding carboxylic acids is 1. The molecule has 1 aromatic heterocycles. The lowest BCUT2D eigenvalue weighted by Crippen LogP contribution is -2.11. The first-order valence-electron chi connectivity index (χ1n) is 5.40. The summed E-state index contributed by atoms with van der Waals surface area (Å²) in [7, 11) is -3.22. The van der Waals surface area contributed by atoms with Gasteiger partial charge in [-0.1, -0.05) is 0 Å². The maximum absolute atomic E-state index is 12.6. The van der Waals surface area contributed by atoms with Crippen LogP contribution in [0.1, 0.15) is 23.0 Å². The normalized spacial score (nSPS) is 12.4. The smallest absolute Gasteiger partial charge is 0.294 e. The van der Waals surface area contributed by atoms with Crippen LogP contribution in [-0.2, 0) is 16.0 Å². The van der Waals surface area contributed by atoms with Gasteiger partial charge in [0.05, 0.1) is 5.75 Å². The van der Waals surface area contributed by atoms with Gasteiger partial charge in [-0.25, -0.2) is 13.4 Å². The molecule has 4 nitrogen and oxygen atoms in total. The number of aromatic nitrogens is 1. The van der Waals surface area contributed by atoms with Crippen molar-refractivity contribution in [2.75, 3.05) is 17.8 Å². The molecule has 9 heteroatoms. The Balaban J connectivity index is 3.04. The number of Topliss-reactive ketones (excluding diaryl/α,β-unsaturated/α-hetero) is 1. The zero-order chi connectivity index (χ0) is 15.6. The third kappa shape index (κ3) is 5.12. The van der Waals surface area contributed by atoms with Gasteiger partial charge in [-0.3, -0.25) is 4.79 Å². The molecule has 0 atom stereocenters. The van der Waals surface area contributed by atoms with Gasteiger partial charge in [0, 0.05) is 17.6 Å². The SMILES string of the molecule is CC(=O)c1ccc(C(F)(F)F)nc1SCCS(C)(=O)=O. The summed E-state index contributed by atoms with van der Waals surface area (Å²) in [6, 6.07) is 1.79. The van der Waals surface area contributed by atoms with Gasteiger partial charge in [-0.2, -0.15) is 13.2 Å². The molecule has 0 aliphatic carbocycles. The predicted molar refractivity (Wildman–Crippen MR) is 69.7 cm³/mol. The lowest BCUT2D eigenvalue weighted by Gasteiger charge is -2.10. The molecule has 0 saturated carbocycles. The average Bonchev–Trinajstić information content (AvgIpc) is 2.25. The number of thioether (sulfide) groups is 1. The standard InChI is InChI=1S/C11H12F3NO3S2/c1-7(16)8-3-4-9(11(12,13)14)15-10(8)19-5-6-20(2,17)18/h3-4H,5-6H2,1-2H3. The Labute approximate surface area is 118 Å². The second-order valence-corrected chi connectivity index (χ2v) is 7.42. The molecule has 0 amide bonds. The highest BCUT2D eigenvalue weighted by atomic mass is 32.2. The number of rotatable bonds is 5. The number of sulfone groups is 1. The van der Waals surface area contributed by atoms with Crippen molar-refractivity contribution in [3.05, 3.63) is 23.4 Å². The molecule has 1 aromatic rings. The third-order valence-electron chi connectivity index (χ3n) is 2.22. The minimum atomic E-state index is -4.61. The van der Waals surface area contributed by atoms with Crippen LogP contribution in [0.3, 0.4) is 0 Å². The van der Waals surface area contributed by atoms with Crippen LogP contribution in [0.25, 0.3) is 0 Å². The lowest BCUT2D eigenvalue weighted by molar-refractivity contribution is -0.141. The van der Waals surface area contributed by atoms with E-state index in [1.165, 1.54) is 6.92 Å². The van der Waals surface area contributed by atoms with Crippen LogP contribution in [0.4, 0.5) is 13.2 Å². The van der Waals surface area contributed by atoms with Crippen molar-refractivity contribution in [1.82, 2.24) is 4.98 Å². The van der Waals surface area contributed by atoms with Gasteiger partial charge in [0.1, 0.15) is 20.6 Å². The Morgan fingerprint density at radius 3 is 2.40 bits per heavy atom. The molecule has 0 saturated heterocycles. The minimum Gasteiger partial charge on any atom is -0.294 e. The molecule has 1 heterocycles. The fourth-order valence-electron chi connectivity index (χ4n) is 1.27. The first-order valence-corrected chi connectivity index (χ1v) is 8.45. The number of alkyl halides is 3. The summed E-state index contributed by atoms with van der Waals surface area (Å²) in [4.78, 5) is 14.7. The maximum atomic E-state index is 12.6. The van der Waals surface area contributed by atoms with E-state index in [1.54, 1.807) is 0 Å². The highest BCUT2D eigenvalue weighted by Crippen LogP contribution is 2.31. The molecular weight excluding hydrogens is 315 g/mol. The largest absolute Gasteiger partial charge is 0.433 e. The molecule has 112 valence electrons. The third-order valence-corrected chi connectivity index (χ3v) is 4.42. The molecule has 0 N–H and O–H groups in total. The summed E-state index contributed by atoms with van der Waals surface area (Å²) in [5, 5.41) is -0.101. The molecule has 0 aliphatic rings. The van der Waals surface area contributed by atoms with Crippen molar-refractivity contribution >= 4 is 27.4 Å². The van der Waals surface area contributed by atoms with Crippen LogP contribution in [0.2, 0.25) is 0 Å². The molecule has 0 radical (unpaired) electrons. The van der Waals surface area contributed by atoms with Gasteiger partial charge >= 0.3 is 6.18 Å². The van der Waals surface area contributed by atoms with Gasteiger partial charge in [-0.15, -0.1) is 11.8 Å². The molecular formula is C11H12F3NO3S2. The summed E-state index contributed by atoms with van der Waals surface area (Å²) in [6.45, 7) is 1.21. The molecule has 0 fully saturated rings. The molecule has 0 unspecified atom stereocenters. The highest BCUT2D eigenvalue weighted by Gasteiger charge is 2.33. The zero-order valence-corrected chi connectivity index (χ0v) is 12.3. The number of halogens is 3. The highest BCUT2D eigenvalue weighted by molar-refractivity contribution is 8.00. The quantitative estimate of drug-likeness (QED) is 0.614. The zero-order valence-electron chi connectivity index (χ0n) is 10.7. The summed E-state index contributed by atoms with van der Waals surface area (Å²) >= 11 is 0.821. The minimum absolute atomic E-state index is 0.0351. The molecule has 1 rings (SSSR count). The van der Waals surface area contributed by atoms with E-state index in [0.717, 1.165) is 30.2 Å². The van der Waals surface area contributed by atoms with Crippen LogP contribution >= 0.6 is 11.8 Å². The van der Waals surface area contributed by atoms with Gasteiger partial charge < -0.3 is 0 Å². The van der Waals surface area contributed by atoms with Gasteiger partial charge in [-0.05, 0) is 19.1 Å². The van der Waals surface area contributed by atoms with E-state index >= 15 is 0 Å². The molecule has 0 aliphatic heterocycles. The second-order valence-electron chi connectivity index (χ2n) is 4.08. The fraction of sp³-hybridized carbons (Fsp3) is 0.455. The van der Waals surface area contributed by atoms with Crippen molar-refractivity contribution < 1.29 is 26.4 Å². The average molecular weight is 327 g/mol. The number of hydrogen-bond donors (Lipinski definition) is 0. The van der Waals surface area contributed by atoms with Gasteiger partial charge in [0.15, 0.2) is 5.78 Å². The number of ketones is 1. The Morgan fingerprint density at radius 2 is 1.95 bits per heavy atom. The lowest BCUT2D eigenvalue weighted by atomic mass is 10.2. The van der Waals surface area contributed by atoms with Crippen molar-refractivity contribution in [2.45, 2.75) is 18.1 Å². The van der Waals surface area contributed by atoms with Gasteiger partial charge in [0.2, 0.25) is 0 Å². The molecule has 0 aromatic carbocycles. The van der Waals surface area contributed by atoms with Crippen molar-refractivity contribution in [3.63, 3.8) is 0 Å². The maximum Gasteiger partial charge on any atom is 0.433 e. The predicted octanol–water partition coefficient (Wildman–Crippen LogP) is 2.44. The number of carbonyl (C=O) groups is 1. The van der Waals surface area contributed by atoms with Crippen molar-refractivity contribution in [3.8, 4) is 0 Å². The fourth-order valence-corrected chi connectivity index (χ4v) is 3.53. The number of nitrogens with zero attached hydrogens (tertiary/aromatic N) is 1. The van der Waals surface area contributed by atoms with Crippen LogP contribution in [0.5, 0.6) is 0 Å². The number of pyridine rings is 1. The molecule has 0 spiro atoms. The van der Waals surface area contributed by atoms with E-state index in [9.17, 15) is 26.4 Å². The van der Waals surface area contributed by atoms with Crippen LogP contribution in [0.15, 0.2) is 17.2 Å². The Hall–Kier alpha value is -1.09. The van der Waals surface area contributed by atoms with Crippen LogP contribution in [-0.4, -0.2) is 36.9 Å². The van der Waals surface area contributed by atoms with E-state index in [4.69, 9.17) is 0 Å². The first-order chi connectivity index (χ1) is 9.00. The van der Waals surface area contributed by atoms with E-state index in [-0.39, 0.29) is 22.1 Å². The van der Waals surface area contributed by atoms with E-state index in [2.05, 4.69) is 4.98 Å². The number of hydrogen-bond acceptors (Lipinski definition) is 5. The Morgan fingerprint density at radius 1 is 1.35 bits per heavy atom.